The molecule has 1 unspecified atom stereocenters. The van der Waals surface area contributed by atoms with Gasteiger partial charge in [-0.2, -0.15) is 0 Å². The summed E-state index contributed by atoms with van der Waals surface area (Å²) in [6.45, 7) is 0. The lowest BCUT2D eigenvalue weighted by Crippen LogP contribution is -2.18. The molecule has 0 amide bonds. The third kappa shape index (κ3) is 3.04. The van der Waals surface area contributed by atoms with Crippen molar-refractivity contribution < 1.29 is 4.39 Å². The maximum Gasteiger partial charge on any atom is 0.142 e. The highest BCUT2D eigenvalue weighted by molar-refractivity contribution is 7.10. The Labute approximate surface area is 120 Å². The minimum Gasteiger partial charge on any atom is -0.312 e. The Morgan fingerprint density at radius 1 is 1.28 bits per heavy atom. The topological polar surface area (TPSA) is 12.0 Å². The van der Waals surface area contributed by atoms with E-state index in [0.29, 0.717) is 6.42 Å². The maximum atomic E-state index is 13.4. The zero-order chi connectivity index (χ0) is 13.1. The molecule has 2 rings (SSSR count). The van der Waals surface area contributed by atoms with Crippen LogP contribution in [0.5, 0.6) is 0 Å². The number of thiophene rings is 1. The van der Waals surface area contributed by atoms with Crippen molar-refractivity contribution in [3.05, 3.63) is 55.9 Å². The first-order chi connectivity index (χ1) is 8.61. The zero-order valence-corrected chi connectivity index (χ0v) is 12.0. The smallest absolute Gasteiger partial charge is 0.142 e. The van der Waals surface area contributed by atoms with Crippen molar-refractivity contribution in [1.29, 1.82) is 0 Å². The predicted molar refractivity (Wildman–Crippen MR) is 76.2 cm³/mol. The van der Waals surface area contributed by atoms with Gasteiger partial charge < -0.3 is 5.32 Å². The van der Waals surface area contributed by atoms with Gasteiger partial charge >= 0.3 is 0 Å². The standard InChI is InChI=1S/C13H12Cl2FNS/c1-17-12(13-10(15)4-5-18-13)7-8-2-3-9(14)11(16)6-8/h2-6,12,17H,7H2,1H3. The number of hydrogen-bond acceptors (Lipinski definition) is 2. The molecular formula is C13H12Cl2FNS. The molecule has 2 aromatic rings. The van der Waals surface area contributed by atoms with E-state index in [1.165, 1.54) is 6.07 Å². The minimum atomic E-state index is -0.388. The summed E-state index contributed by atoms with van der Waals surface area (Å²) in [7, 11) is 1.87. The second-order valence-electron chi connectivity index (χ2n) is 3.93. The molecule has 0 aliphatic heterocycles. The van der Waals surface area contributed by atoms with Crippen LogP contribution in [-0.4, -0.2) is 7.05 Å². The van der Waals surface area contributed by atoms with Gasteiger partial charge in [-0.05, 0) is 42.6 Å². The summed E-state index contributed by atoms with van der Waals surface area (Å²) in [4.78, 5) is 1.06. The first kappa shape index (κ1) is 13.8. The molecule has 0 radical (unpaired) electrons. The molecule has 1 nitrogen and oxygen atoms in total. The Hall–Kier alpha value is -0.610. The van der Waals surface area contributed by atoms with Crippen LogP contribution in [0.3, 0.4) is 0 Å². The first-order valence-electron chi connectivity index (χ1n) is 5.46. The highest BCUT2D eigenvalue weighted by Crippen LogP contribution is 2.31. The van der Waals surface area contributed by atoms with Gasteiger partial charge in [-0.15, -0.1) is 11.3 Å². The van der Waals surface area contributed by atoms with Gasteiger partial charge in [0.1, 0.15) is 5.82 Å². The maximum absolute atomic E-state index is 13.4. The quantitative estimate of drug-likeness (QED) is 0.863. The van der Waals surface area contributed by atoms with Crippen LogP contribution in [0.2, 0.25) is 10.0 Å². The van der Waals surface area contributed by atoms with Crippen LogP contribution in [0.1, 0.15) is 16.5 Å². The van der Waals surface area contributed by atoms with Gasteiger partial charge in [0, 0.05) is 10.9 Å². The Kier molecular flexibility index (Phi) is 4.62. The molecule has 0 spiro atoms. The van der Waals surface area contributed by atoms with Gasteiger partial charge in [0.05, 0.1) is 10.0 Å². The molecular weight excluding hydrogens is 292 g/mol. The van der Waals surface area contributed by atoms with Crippen LogP contribution in [0, 0.1) is 5.82 Å². The second kappa shape index (κ2) is 6.02. The first-order valence-corrected chi connectivity index (χ1v) is 7.09. The third-order valence-electron chi connectivity index (χ3n) is 2.73. The molecule has 0 bridgehead atoms. The van der Waals surface area contributed by atoms with Crippen LogP contribution >= 0.6 is 34.5 Å². The highest BCUT2D eigenvalue weighted by atomic mass is 35.5. The summed E-state index contributed by atoms with van der Waals surface area (Å²) < 4.78 is 13.4. The van der Waals surface area contributed by atoms with Crippen molar-refractivity contribution in [3.8, 4) is 0 Å². The molecule has 1 atom stereocenters. The molecule has 0 saturated heterocycles. The molecule has 96 valence electrons. The van der Waals surface area contributed by atoms with E-state index in [4.69, 9.17) is 23.2 Å². The van der Waals surface area contributed by atoms with E-state index in [1.807, 2.05) is 24.6 Å². The molecule has 0 aliphatic rings. The van der Waals surface area contributed by atoms with Gasteiger partial charge in [0.25, 0.3) is 0 Å². The number of benzene rings is 1. The van der Waals surface area contributed by atoms with Crippen LogP contribution in [0.25, 0.3) is 0 Å². The monoisotopic (exact) mass is 303 g/mol. The third-order valence-corrected chi connectivity index (χ3v) is 4.51. The van der Waals surface area contributed by atoms with Gasteiger partial charge in [-0.3, -0.25) is 0 Å². The van der Waals surface area contributed by atoms with Crippen molar-refractivity contribution in [1.82, 2.24) is 5.32 Å². The lowest BCUT2D eigenvalue weighted by molar-refractivity contribution is 0.592. The summed E-state index contributed by atoms with van der Waals surface area (Å²) in [5, 5.41) is 6.04. The number of rotatable bonds is 4. The number of halogens is 3. The largest absolute Gasteiger partial charge is 0.312 e. The van der Waals surface area contributed by atoms with Crippen LogP contribution in [-0.2, 0) is 6.42 Å². The van der Waals surface area contributed by atoms with Crippen molar-refractivity contribution >= 4 is 34.5 Å². The predicted octanol–water partition coefficient (Wildman–Crippen LogP) is 4.70. The Morgan fingerprint density at radius 2 is 2.06 bits per heavy atom. The van der Waals surface area contributed by atoms with Crippen molar-refractivity contribution in [2.45, 2.75) is 12.5 Å². The van der Waals surface area contributed by atoms with E-state index in [-0.39, 0.29) is 16.9 Å². The molecule has 1 aromatic carbocycles. The van der Waals surface area contributed by atoms with E-state index in [2.05, 4.69) is 5.32 Å². The molecule has 0 fully saturated rings. The average molecular weight is 304 g/mol. The molecule has 1 N–H and O–H groups in total. The van der Waals surface area contributed by atoms with Gasteiger partial charge in [-0.25, -0.2) is 4.39 Å². The fraction of sp³-hybridized carbons (Fsp3) is 0.231. The average Bonchev–Trinajstić information content (AvgIpc) is 2.77. The lowest BCUT2D eigenvalue weighted by atomic mass is 10.0. The van der Waals surface area contributed by atoms with Crippen molar-refractivity contribution in [2.75, 3.05) is 7.05 Å². The lowest BCUT2D eigenvalue weighted by Gasteiger charge is -2.15. The molecule has 0 saturated carbocycles. The van der Waals surface area contributed by atoms with Crippen LogP contribution in [0.4, 0.5) is 4.39 Å². The molecule has 1 aromatic heterocycles. The van der Waals surface area contributed by atoms with Crippen LogP contribution in [0.15, 0.2) is 29.6 Å². The summed E-state index contributed by atoms with van der Waals surface area (Å²) in [6, 6.07) is 6.83. The Bertz CT molecular complexity index is 542. The highest BCUT2D eigenvalue weighted by Gasteiger charge is 2.15. The number of hydrogen-bond donors (Lipinski definition) is 1. The summed E-state index contributed by atoms with van der Waals surface area (Å²) in [5.41, 5.74) is 0.890. The van der Waals surface area contributed by atoms with E-state index in [0.717, 1.165) is 15.5 Å². The number of nitrogens with one attached hydrogen (secondary N) is 1. The summed E-state index contributed by atoms with van der Waals surface area (Å²) in [6.07, 6.45) is 0.671. The van der Waals surface area contributed by atoms with Gasteiger partial charge in [0.2, 0.25) is 0 Å². The molecule has 0 aliphatic carbocycles. The zero-order valence-electron chi connectivity index (χ0n) is 9.71. The number of likely N-dealkylation sites (N-methyl/N-ethyl adjacent to an activating group) is 1. The van der Waals surface area contributed by atoms with Gasteiger partial charge in [-0.1, -0.05) is 29.3 Å². The Morgan fingerprint density at radius 3 is 2.61 bits per heavy atom. The minimum absolute atomic E-state index is 0.0816. The molecule has 1 heterocycles. The fourth-order valence-corrected chi connectivity index (χ4v) is 3.20. The molecule has 5 heteroatoms. The van der Waals surface area contributed by atoms with Crippen LogP contribution < -0.4 is 5.32 Å². The van der Waals surface area contributed by atoms with E-state index < -0.39 is 0 Å². The van der Waals surface area contributed by atoms with Gasteiger partial charge in [0.15, 0.2) is 0 Å². The normalized spacial score (nSPS) is 12.7. The summed E-state index contributed by atoms with van der Waals surface area (Å²) >= 11 is 13.4. The fourth-order valence-electron chi connectivity index (χ4n) is 1.78. The molecule has 18 heavy (non-hydrogen) atoms. The van der Waals surface area contributed by atoms with E-state index >= 15 is 0 Å². The van der Waals surface area contributed by atoms with Crippen molar-refractivity contribution in [2.24, 2.45) is 0 Å². The van der Waals surface area contributed by atoms with Crippen molar-refractivity contribution in [3.63, 3.8) is 0 Å². The summed E-state index contributed by atoms with van der Waals surface area (Å²) in [5.74, 6) is -0.388. The SMILES string of the molecule is CNC(Cc1ccc(Cl)c(F)c1)c1sccc1Cl. The second-order valence-corrected chi connectivity index (χ2v) is 5.69. The van der Waals surface area contributed by atoms with E-state index in [9.17, 15) is 4.39 Å². The Balaban J connectivity index is 2.20. The van der Waals surface area contributed by atoms with E-state index in [1.54, 1.807) is 17.4 Å².